The van der Waals surface area contributed by atoms with E-state index >= 15 is 0 Å². The molecule has 1 fully saturated rings. The lowest BCUT2D eigenvalue weighted by Crippen LogP contribution is -2.67. The molecule has 0 amide bonds. The second-order valence-corrected chi connectivity index (χ2v) is 38.4. The maximum absolute atomic E-state index is 7.39. The topological polar surface area (TPSA) is 46.2 Å². The van der Waals surface area contributed by atoms with Crippen LogP contribution in [0.5, 0.6) is 0 Å². The van der Waals surface area contributed by atoms with Gasteiger partial charge in [-0.1, -0.05) is 83.1 Å². The molecule has 5 atom stereocenters. The summed E-state index contributed by atoms with van der Waals surface area (Å²) in [6.07, 6.45) is -0.929. The first kappa shape index (κ1) is 39.4. The highest BCUT2D eigenvalue weighted by Gasteiger charge is 2.56. The van der Waals surface area contributed by atoms with E-state index in [9.17, 15) is 0 Å². The molecule has 1 saturated heterocycles. The van der Waals surface area contributed by atoms with Gasteiger partial charge in [-0.25, -0.2) is 0 Å². The third-order valence-electron chi connectivity index (χ3n) is 10.7. The van der Waals surface area contributed by atoms with Gasteiger partial charge in [-0.3, -0.25) is 0 Å². The molecule has 0 aromatic heterocycles. The molecule has 0 saturated carbocycles. The summed E-state index contributed by atoms with van der Waals surface area (Å²) in [7, 11) is -8.51. The van der Waals surface area contributed by atoms with Crippen molar-refractivity contribution in [2.75, 3.05) is 6.61 Å². The van der Waals surface area contributed by atoms with Gasteiger partial charge >= 0.3 is 0 Å². The van der Waals surface area contributed by atoms with E-state index in [1.807, 2.05) is 0 Å². The van der Waals surface area contributed by atoms with Crippen LogP contribution in [0, 0.1) is 0 Å². The van der Waals surface area contributed by atoms with Crippen LogP contribution in [-0.4, -0.2) is 68.4 Å². The zero-order valence-corrected chi connectivity index (χ0v) is 36.2. The van der Waals surface area contributed by atoms with Gasteiger partial charge in [-0.15, -0.1) is 0 Å². The van der Waals surface area contributed by atoms with Crippen molar-refractivity contribution in [3.8, 4) is 0 Å². The molecule has 5 nitrogen and oxygen atoms in total. The molecule has 40 heavy (non-hydrogen) atoms. The smallest absolute Gasteiger partial charge is 0.192 e. The number of alkyl halides is 1. The fourth-order valence-electron chi connectivity index (χ4n) is 3.46. The molecule has 1 aliphatic rings. The molecule has 0 aliphatic carbocycles. The molecule has 0 aromatic carbocycles. The summed E-state index contributed by atoms with van der Waals surface area (Å²) in [4.78, 5) is 0. The number of halogens is 1. The second-order valence-electron chi connectivity index (χ2n) is 18.1. The molecular formula is C30H67IO5Si4. The standard InChI is InChI=1S/C30H67IO5Si4/c1-27(2,3)37(13,14)32-21-22-23(34-38(15,16)28(4,5)6)24(35-39(17,18)29(7,8)9)25(26(31)33-22)36-40(19,20)30(10,11)12/h22-26H,21H2,1-20H3/t22-,23+,24+,25-,26+/m1/s1. The van der Waals surface area contributed by atoms with Crippen molar-refractivity contribution in [1.82, 2.24) is 0 Å². The van der Waals surface area contributed by atoms with Crippen LogP contribution < -0.4 is 0 Å². The summed E-state index contributed by atoms with van der Waals surface area (Å²) < 4.78 is 35.5. The average molecular weight is 747 g/mol. The van der Waals surface area contributed by atoms with Crippen LogP contribution in [0.2, 0.25) is 72.5 Å². The van der Waals surface area contributed by atoms with Crippen LogP contribution in [0.1, 0.15) is 83.1 Å². The molecule has 240 valence electrons. The Balaban J connectivity index is 3.75. The third-order valence-corrected chi connectivity index (χ3v) is 29.6. The molecule has 0 radical (unpaired) electrons. The van der Waals surface area contributed by atoms with Crippen LogP contribution in [0.4, 0.5) is 0 Å². The largest absolute Gasteiger partial charge is 0.414 e. The summed E-state index contributed by atoms with van der Waals surface area (Å²) >= 11 is 2.45. The maximum atomic E-state index is 7.39. The second kappa shape index (κ2) is 12.7. The van der Waals surface area contributed by atoms with Crippen LogP contribution in [0.25, 0.3) is 0 Å². The lowest BCUT2D eigenvalue weighted by atomic mass is 10.0. The van der Waals surface area contributed by atoms with Crippen molar-refractivity contribution in [1.29, 1.82) is 0 Å². The summed E-state index contributed by atoms with van der Waals surface area (Å²) in [5.41, 5.74) is 0. The molecule has 0 N–H and O–H groups in total. The monoisotopic (exact) mass is 746 g/mol. The van der Waals surface area contributed by atoms with Gasteiger partial charge in [0.1, 0.15) is 28.5 Å². The minimum atomic E-state index is -2.19. The van der Waals surface area contributed by atoms with Crippen LogP contribution in [-0.2, 0) is 22.4 Å². The first-order chi connectivity index (χ1) is 17.3. The van der Waals surface area contributed by atoms with Crippen molar-refractivity contribution < 1.29 is 22.4 Å². The molecule has 0 unspecified atom stereocenters. The van der Waals surface area contributed by atoms with Gasteiger partial charge in [-0.05, 0) is 95.1 Å². The molecule has 1 heterocycles. The van der Waals surface area contributed by atoms with E-state index in [1.54, 1.807) is 0 Å². The minimum absolute atomic E-state index is 0.0519. The Hall–Kier alpha value is 1.40. The summed E-state index contributed by atoms with van der Waals surface area (Å²) in [6, 6.07) is 0. The SMILES string of the molecule is CC(C)(C)[Si](C)(C)OC[C@H]1O[C@H](I)[C@H](O[Si](C)(C)C(C)(C)C)[C@@H](O[Si](C)(C)C(C)(C)C)[C@H]1O[Si](C)(C)C(C)(C)C. The van der Waals surface area contributed by atoms with Gasteiger partial charge in [-0.2, -0.15) is 0 Å². The van der Waals surface area contributed by atoms with E-state index in [-0.39, 0.29) is 48.7 Å². The highest BCUT2D eigenvalue weighted by molar-refractivity contribution is 14.1. The van der Waals surface area contributed by atoms with E-state index in [0.29, 0.717) is 6.61 Å². The zero-order valence-electron chi connectivity index (χ0n) is 30.0. The molecule has 0 bridgehead atoms. The van der Waals surface area contributed by atoms with Crippen LogP contribution in [0.3, 0.4) is 0 Å². The van der Waals surface area contributed by atoms with E-state index in [4.69, 9.17) is 22.4 Å². The van der Waals surface area contributed by atoms with Crippen LogP contribution >= 0.6 is 22.6 Å². The first-order valence-corrected chi connectivity index (χ1v) is 28.1. The normalized spacial score (nSPS) is 26.8. The summed E-state index contributed by atoms with van der Waals surface area (Å²) in [6.45, 7) is 46.8. The minimum Gasteiger partial charge on any atom is -0.414 e. The Kier molecular flexibility index (Phi) is 12.5. The lowest BCUT2D eigenvalue weighted by molar-refractivity contribution is -0.187. The van der Waals surface area contributed by atoms with E-state index in [2.05, 4.69) is 158 Å². The van der Waals surface area contributed by atoms with Crippen molar-refractivity contribution in [2.45, 2.75) is 184 Å². The number of rotatable bonds is 9. The Morgan fingerprint density at radius 1 is 0.500 bits per heavy atom. The van der Waals surface area contributed by atoms with Gasteiger partial charge in [0.2, 0.25) is 0 Å². The van der Waals surface area contributed by atoms with Gasteiger partial charge in [0.05, 0.1) is 6.61 Å². The molecule has 0 aromatic rings. The Bertz CT molecular complexity index is 835. The van der Waals surface area contributed by atoms with Crippen molar-refractivity contribution in [3.63, 3.8) is 0 Å². The number of hydrogen-bond acceptors (Lipinski definition) is 5. The van der Waals surface area contributed by atoms with Crippen LogP contribution in [0.15, 0.2) is 0 Å². The van der Waals surface area contributed by atoms with Gasteiger partial charge < -0.3 is 22.4 Å². The molecular weight excluding hydrogens is 680 g/mol. The molecule has 10 heteroatoms. The fraction of sp³-hybridized carbons (Fsp3) is 1.00. The van der Waals surface area contributed by atoms with Gasteiger partial charge in [0.15, 0.2) is 33.3 Å². The number of ether oxygens (including phenoxy) is 1. The Morgan fingerprint density at radius 2 is 0.800 bits per heavy atom. The molecule has 1 aliphatic heterocycles. The molecule has 0 spiro atoms. The first-order valence-electron chi connectivity index (χ1n) is 15.2. The maximum Gasteiger partial charge on any atom is 0.192 e. The highest BCUT2D eigenvalue weighted by atomic mass is 127. The molecule has 1 rings (SSSR count). The van der Waals surface area contributed by atoms with Gasteiger partial charge in [0, 0.05) is 0 Å². The number of hydrogen-bond donors (Lipinski definition) is 0. The van der Waals surface area contributed by atoms with Crippen molar-refractivity contribution >= 4 is 55.9 Å². The van der Waals surface area contributed by atoms with Gasteiger partial charge in [0.25, 0.3) is 0 Å². The fourth-order valence-corrected chi connectivity index (χ4v) is 9.60. The van der Waals surface area contributed by atoms with Crippen molar-refractivity contribution in [2.24, 2.45) is 0 Å². The third kappa shape index (κ3) is 9.45. The predicted molar refractivity (Wildman–Crippen MR) is 192 cm³/mol. The van der Waals surface area contributed by atoms with E-state index < -0.39 is 33.3 Å². The summed E-state index contributed by atoms with van der Waals surface area (Å²) in [5, 5.41) is 0.299. The quantitative estimate of drug-likeness (QED) is 0.134. The average Bonchev–Trinajstić information content (AvgIpc) is 2.67. The lowest BCUT2D eigenvalue weighted by Gasteiger charge is -2.54. The van der Waals surface area contributed by atoms with Crippen molar-refractivity contribution in [3.05, 3.63) is 0 Å². The zero-order chi connectivity index (χ0) is 32.1. The Labute approximate surface area is 267 Å². The van der Waals surface area contributed by atoms with E-state index in [0.717, 1.165) is 0 Å². The summed E-state index contributed by atoms with van der Waals surface area (Å²) in [5.74, 6) is 0. The van der Waals surface area contributed by atoms with E-state index in [1.165, 1.54) is 0 Å². The highest BCUT2D eigenvalue weighted by Crippen LogP contribution is 2.47. The predicted octanol–water partition coefficient (Wildman–Crippen LogP) is 10.3. The Morgan fingerprint density at radius 3 is 1.12 bits per heavy atom.